The second-order valence-electron chi connectivity index (χ2n) is 4.69. The molecule has 1 aliphatic rings. The molecule has 0 radical (unpaired) electrons. The highest BCUT2D eigenvalue weighted by Crippen LogP contribution is 2.24. The quantitative estimate of drug-likeness (QED) is 0.882. The first-order valence-corrected chi connectivity index (χ1v) is 7.13. The van der Waals surface area contributed by atoms with Crippen LogP contribution in [-0.4, -0.2) is 23.5 Å². The molecule has 0 saturated heterocycles. The molecule has 0 spiro atoms. The minimum absolute atomic E-state index is 0. The maximum atomic E-state index is 12.2. The molecule has 106 valence electrons. The molecule has 6 heteroatoms. The lowest BCUT2D eigenvalue weighted by Crippen LogP contribution is -2.45. The Kier molecular flexibility index (Phi) is 6.75. The van der Waals surface area contributed by atoms with E-state index < -0.39 is 0 Å². The van der Waals surface area contributed by atoms with E-state index in [1.165, 1.54) is 6.42 Å². The van der Waals surface area contributed by atoms with Gasteiger partial charge in [0.1, 0.15) is 5.69 Å². The van der Waals surface area contributed by atoms with Crippen LogP contribution in [0.4, 0.5) is 0 Å². The topological polar surface area (TPSA) is 68.0 Å². The summed E-state index contributed by atoms with van der Waals surface area (Å²) in [5, 5.41) is 3.07. The number of rotatable bonds is 3. The minimum atomic E-state index is -0.118. The van der Waals surface area contributed by atoms with Crippen LogP contribution >= 0.6 is 28.3 Å². The van der Waals surface area contributed by atoms with Gasteiger partial charge in [-0.15, -0.1) is 12.4 Å². The highest BCUT2D eigenvalue weighted by molar-refractivity contribution is 9.10. The Morgan fingerprint density at radius 3 is 2.89 bits per heavy atom. The zero-order valence-electron chi connectivity index (χ0n) is 10.6. The van der Waals surface area contributed by atoms with E-state index in [1.54, 1.807) is 12.3 Å². The van der Waals surface area contributed by atoms with Crippen LogP contribution in [0.1, 0.15) is 36.2 Å². The Morgan fingerprint density at radius 2 is 2.21 bits per heavy atom. The Hall–Kier alpha value is -0.650. The van der Waals surface area contributed by atoms with Crippen molar-refractivity contribution >= 4 is 34.2 Å². The van der Waals surface area contributed by atoms with Crippen molar-refractivity contribution in [3.63, 3.8) is 0 Å². The molecule has 1 heterocycles. The van der Waals surface area contributed by atoms with E-state index in [2.05, 4.69) is 26.2 Å². The molecular formula is C13H19BrClN3O. The first kappa shape index (κ1) is 16.4. The number of halogens is 2. The van der Waals surface area contributed by atoms with Crippen molar-refractivity contribution in [2.24, 2.45) is 11.7 Å². The summed E-state index contributed by atoms with van der Waals surface area (Å²) in [6.45, 7) is 0.633. The first-order valence-electron chi connectivity index (χ1n) is 6.34. The fourth-order valence-electron chi connectivity index (χ4n) is 2.47. The average Bonchev–Trinajstić information content (AvgIpc) is 2.39. The third-order valence-electron chi connectivity index (χ3n) is 3.50. The van der Waals surface area contributed by atoms with Crippen molar-refractivity contribution in [2.75, 3.05) is 6.54 Å². The van der Waals surface area contributed by atoms with E-state index in [0.717, 1.165) is 23.7 Å². The summed E-state index contributed by atoms with van der Waals surface area (Å²) in [6, 6.07) is 3.80. The van der Waals surface area contributed by atoms with E-state index in [-0.39, 0.29) is 24.4 Å². The van der Waals surface area contributed by atoms with Gasteiger partial charge in [-0.3, -0.25) is 4.79 Å². The third kappa shape index (κ3) is 4.16. The molecule has 1 saturated carbocycles. The zero-order valence-corrected chi connectivity index (χ0v) is 13.0. The molecule has 2 unspecified atom stereocenters. The number of nitrogens with zero attached hydrogens (tertiary/aromatic N) is 1. The number of carbonyl (C=O) groups excluding carboxylic acids is 1. The van der Waals surface area contributed by atoms with Crippen molar-refractivity contribution in [1.29, 1.82) is 0 Å². The van der Waals surface area contributed by atoms with Gasteiger partial charge in [-0.25, -0.2) is 4.98 Å². The van der Waals surface area contributed by atoms with Crippen LogP contribution < -0.4 is 11.1 Å². The minimum Gasteiger partial charge on any atom is -0.348 e. The molecule has 0 aliphatic heterocycles. The lowest BCUT2D eigenvalue weighted by molar-refractivity contribution is 0.0902. The SMILES string of the molecule is Cl.NCC1CCCCC1NC(=O)c1ncccc1Br. The second-order valence-corrected chi connectivity index (χ2v) is 5.55. The van der Waals surface area contributed by atoms with E-state index >= 15 is 0 Å². The Morgan fingerprint density at radius 1 is 1.47 bits per heavy atom. The lowest BCUT2D eigenvalue weighted by Gasteiger charge is -2.31. The van der Waals surface area contributed by atoms with Crippen LogP contribution in [0.5, 0.6) is 0 Å². The molecule has 1 amide bonds. The summed E-state index contributed by atoms with van der Waals surface area (Å²) in [5.41, 5.74) is 6.21. The maximum absolute atomic E-state index is 12.2. The molecule has 19 heavy (non-hydrogen) atoms. The van der Waals surface area contributed by atoms with Crippen molar-refractivity contribution in [1.82, 2.24) is 10.3 Å². The highest BCUT2D eigenvalue weighted by atomic mass is 79.9. The van der Waals surface area contributed by atoms with Crippen LogP contribution in [0.2, 0.25) is 0 Å². The van der Waals surface area contributed by atoms with Gasteiger partial charge in [-0.2, -0.15) is 0 Å². The normalized spacial score (nSPS) is 22.4. The van der Waals surface area contributed by atoms with E-state index in [0.29, 0.717) is 18.2 Å². The molecule has 1 fully saturated rings. The number of carbonyl (C=O) groups is 1. The highest BCUT2D eigenvalue weighted by Gasteiger charge is 2.26. The summed E-state index contributed by atoms with van der Waals surface area (Å²) in [4.78, 5) is 16.3. The number of nitrogens with two attached hydrogens (primary N) is 1. The number of nitrogens with one attached hydrogen (secondary N) is 1. The number of hydrogen-bond donors (Lipinski definition) is 2. The Bertz CT molecular complexity index is 430. The third-order valence-corrected chi connectivity index (χ3v) is 4.14. The van der Waals surface area contributed by atoms with Crippen LogP contribution in [0.25, 0.3) is 0 Å². The Labute approximate surface area is 128 Å². The van der Waals surface area contributed by atoms with E-state index in [1.807, 2.05) is 6.07 Å². The first-order chi connectivity index (χ1) is 8.72. The summed E-state index contributed by atoms with van der Waals surface area (Å²) < 4.78 is 0.725. The molecule has 1 aromatic heterocycles. The monoisotopic (exact) mass is 347 g/mol. The van der Waals surface area contributed by atoms with Gasteiger partial charge < -0.3 is 11.1 Å². The van der Waals surface area contributed by atoms with Gasteiger partial charge >= 0.3 is 0 Å². The predicted octanol–water partition coefficient (Wildman–Crippen LogP) is 2.51. The molecule has 1 aromatic rings. The van der Waals surface area contributed by atoms with Gasteiger partial charge in [0.05, 0.1) is 0 Å². The molecule has 2 rings (SSSR count). The number of hydrogen-bond acceptors (Lipinski definition) is 3. The van der Waals surface area contributed by atoms with Crippen molar-refractivity contribution < 1.29 is 4.79 Å². The number of aromatic nitrogens is 1. The van der Waals surface area contributed by atoms with Crippen molar-refractivity contribution in [2.45, 2.75) is 31.7 Å². The fraction of sp³-hybridized carbons (Fsp3) is 0.538. The predicted molar refractivity (Wildman–Crippen MR) is 81.5 cm³/mol. The number of amides is 1. The van der Waals surface area contributed by atoms with Gasteiger partial charge in [-0.05, 0) is 53.4 Å². The van der Waals surface area contributed by atoms with Crippen LogP contribution in [-0.2, 0) is 0 Å². The molecule has 0 bridgehead atoms. The molecule has 0 aromatic carbocycles. The molecule has 1 aliphatic carbocycles. The number of pyridine rings is 1. The maximum Gasteiger partial charge on any atom is 0.271 e. The largest absolute Gasteiger partial charge is 0.348 e. The molecule has 2 atom stereocenters. The van der Waals surface area contributed by atoms with Gasteiger partial charge in [0.15, 0.2) is 0 Å². The van der Waals surface area contributed by atoms with E-state index in [9.17, 15) is 4.79 Å². The molecular weight excluding hydrogens is 330 g/mol. The smallest absolute Gasteiger partial charge is 0.271 e. The lowest BCUT2D eigenvalue weighted by atomic mass is 9.84. The summed E-state index contributed by atoms with van der Waals surface area (Å²) in [7, 11) is 0. The fourth-order valence-corrected chi connectivity index (χ4v) is 2.90. The van der Waals surface area contributed by atoms with Crippen LogP contribution in [0.3, 0.4) is 0 Å². The summed E-state index contributed by atoms with van der Waals surface area (Å²) >= 11 is 3.35. The van der Waals surface area contributed by atoms with Crippen LogP contribution in [0.15, 0.2) is 22.8 Å². The summed E-state index contributed by atoms with van der Waals surface area (Å²) in [5.74, 6) is 0.276. The standard InChI is InChI=1S/C13H18BrN3O.ClH/c14-10-5-3-7-16-12(10)13(18)17-11-6-2-1-4-9(11)8-15;/h3,5,7,9,11H,1-2,4,6,8,15H2,(H,17,18);1H. The second kappa shape index (κ2) is 7.82. The molecule has 3 N–H and O–H groups in total. The average molecular weight is 349 g/mol. The Balaban J connectivity index is 0.00000180. The van der Waals surface area contributed by atoms with Crippen molar-refractivity contribution in [3.8, 4) is 0 Å². The van der Waals surface area contributed by atoms with Gasteiger partial charge in [-0.1, -0.05) is 12.8 Å². The van der Waals surface area contributed by atoms with Gasteiger partial charge in [0, 0.05) is 16.7 Å². The zero-order chi connectivity index (χ0) is 13.0. The van der Waals surface area contributed by atoms with Gasteiger partial charge in [0.25, 0.3) is 5.91 Å². The van der Waals surface area contributed by atoms with Crippen LogP contribution in [0, 0.1) is 5.92 Å². The molecule has 4 nitrogen and oxygen atoms in total. The van der Waals surface area contributed by atoms with E-state index in [4.69, 9.17) is 5.73 Å². The van der Waals surface area contributed by atoms with Gasteiger partial charge in [0.2, 0.25) is 0 Å². The summed E-state index contributed by atoms with van der Waals surface area (Å²) in [6.07, 6.45) is 6.11. The van der Waals surface area contributed by atoms with Crippen molar-refractivity contribution in [3.05, 3.63) is 28.5 Å².